The summed E-state index contributed by atoms with van der Waals surface area (Å²) in [6.07, 6.45) is 1.67. The first-order valence-electron chi connectivity index (χ1n) is 10.4. The first-order chi connectivity index (χ1) is 15.0. The van der Waals surface area contributed by atoms with Gasteiger partial charge in [-0.3, -0.25) is 4.99 Å². The highest BCUT2D eigenvalue weighted by Crippen LogP contribution is 2.34. The van der Waals surface area contributed by atoms with Gasteiger partial charge in [-0.1, -0.05) is 38.1 Å². The van der Waals surface area contributed by atoms with E-state index in [0.717, 1.165) is 22.8 Å². The maximum absolute atomic E-state index is 5.73. The van der Waals surface area contributed by atoms with E-state index in [0.29, 0.717) is 38.2 Å². The lowest BCUT2D eigenvalue weighted by atomic mass is 9.84. The van der Waals surface area contributed by atoms with Gasteiger partial charge in [-0.15, -0.1) is 0 Å². The minimum Gasteiger partial charge on any atom is -0.486 e. The first-order valence-corrected chi connectivity index (χ1v) is 10.4. The van der Waals surface area contributed by atoms with Gasteiger partial charge >= 0.3 is 0 Å². The molecule has 0 spiro atoms. The van der Waals surface area contributed by atoms with Crippen molar-refractivity contribution in [3.63, 3.8) is 0 Å². The largest absolute Gasteiger partial charge is 0.486 e. The molecule has 0 atom stereocenters. The fourth-order valence-electron chi connectivity index (χ4n) is 3.37. The Bertz CT molecular complexity index is 1040. The van der Waals surface area contributed by atoms with Gasteiger partial charge in [0.2, 0.25) is 5.89 Å². The Morgan fingerprint density at radius 2 is 1.81 bits per heavy atom. The molecule has 3 aromatic rings. The highest BCUT2D eigenvalue weighted by molar-refractivity contribution is 5.79. The molecule has 2 aromatic carbocycles. The predicted molar refractivity (Wildman–Crippen MR) is 121 cm³/mol. The minimum atomic E-state index is -0.137. The second-order valence-electron chi connectivity index (χ2n) is 8.03. The van der Waals surface area contributed by atoms with Gasteiger partial charge in [0, 0.05) is 24.6 Å². The van der Waals surface area contributed by atoms with E-state index >= 15 is 0 Å². The quantitative estimate of drug-likeness (QED) is 0.467. The molecule has 4 rings (SSSR count). The summed E-state index contributed by atoms with van der Waals surface area (Å²) in [5, 5.41) is 6.70. The van der Waals surface area contributed by atoms with E-state index in [2.05, 4.69) is 46.6 Å². The molecule has 0 saturated carbocycles. The summed E-state index contributed by atoms with van der Waals surface area (Å²) in [5.41, 5.74) is 2.80. The molecule has 7 nitrogen and oxygen atoms in total. The van der Waals surface area contributed by atoms with Crippen LogP contribution < -0.4 is 20.1 Å². The van der Waals surface area contributed by atoms with Gasteiger partial charge < -0.3 is 24.5 Å². The van der Waals surface area contributed by atoms with Crippen LogP contribution in [0.2, 0.25) is 0 Å². The number of fused-ring (bicyclic) bond motifs is 1. The fourth-order valence-corrected chi connectivity index (χ4v) is 3.37. The third-order valence-corrected chi connectivity index (χ3v) is 5.25. The van der Waals surface area contributed by atoms with Gasteiger partial charge in [-0.05, 0) is 29.8 Å². The Morgan fingerprint density at radius 3 is 2.58 bits per heavy atom. The molecule has 0 amide bonds. The van der Waals surface area contributed by atoms with Crippen LogP contribution in [0.4, 0.5) is 0 Å². The molecule has 0 unspecified atom stereocenters. The third kappa shape index (κ3) is 4.99. The number of aromatic nitrogens is 1. The number of guanidine groups is 1. The second kappa shape index (κ2) is 9.12. The Hall–Kier alpha value is -3.48. The van der Waals surface area contributed by atoms with Crippen molar-refractivity contribution in [2.24, 2.45) is 4.99 Å². The monoisotopic (exact) mass is 420 g/mol. The molecule has 2 N–H and O–H groups in total. The number of ether oxygens (including phenoxy) is 2. The highest BCUT2D eigenvalue weighted by Gasteiger charge is 2.24. The highest BCUT2D eigenvalue weighted by atomic mass is 16.6. The van der Waals surface area contributed by atoms with Crippen molar-refractivity contribution in [1.29, 1.82) is 0 Å². The average molecular weight is 421 g/mol. The number of aliphatic imine (C=N–C) groups is 1. The van der Waals surface area contributed by atoms with E-state index in [4.69, 9.17) is 13.9 Å². The summed E-state index contributed by atoms with van der Waals surface area (Å²) in [6, 6.07) is 16.0. The van der Waals surface area contributed by atoms with Gasteiger partial charge in [-0.2, -0.15) is 0 Å². The summed E-state index contributed by atoms with van der Waals surface area (Å²) in [6.45, 7) is 6.75. The number of hydrogen-bond donors (Lipinski definition) is 2. The molecule has 0 radical (unpaired) electrons. The number of nitrogens with zero attached hydrogens (tertiary/aromatic N) is 2. The van der Waals surface area contributed by atoms with Crippen LogP contribution in [-0.2, 0) is 12.0 Å². The fraction of sp³-hybridized carbons (Fsp3) is 0.333. The molecule has 0 fully saturated rings. The molecule has 7 heteroatoms. The van der Waals surface area contributed by atoms with Crippen LogP contribution >= 0.6 is 0 Å². The number of benzene rings is 2. The van der Waals surface area contributed by atoms with Crippen LogP contribution in [0.25, 0.3) is 11.5 Å². The maximum Gasteiger partial charge on any atom is 0.226 e. The standard InChI is InChI=1S/C24H28N4O3/c1-24(2,18-9-10-20-21(13-18)30-12-11-29-20)16-27-23(25-3)26-14-19-15-31-22(28-19)17-7-5-4-6-8-17/h4-10,13,15H,11-12,14,16H2,1-3H3,(H2,25,26,27). The lowest BCUT2D eigenvalue weighted by Crippen LogP contribution is -2.43. The normalized spacial score (nSPS) is 13.7. The van der Waals surface area contributed by atoms with E-state index in [1.165, 1.54) is 5.56 Å². The van der Waals surface area contributed by atoms with E-state index in [9.17, 15) is 0 Å². The average Bonchev–Trinajstić information content (AvgIpc) is 3.28. The predicted octanol–water partition coefficient (Wildman–Crippen LogP) is 3.76. The van der Waals surface area contributed by atoms with Crippen molar-refractivity contribution >= 4 is 5.96 Å². The lowest BCUT2D eigenvalue weighted by Gasteiger charge is -2.28. The maximum atomic E-state index is 5.73. The van der Waals surface area contributed by atoms with Crippen LogP contribution in [0.15, 0.2) is 64.2 Å². The van der Waals surface area contributed by atoms with E-state index in [1.54, 1.807) is 13.3 Å². The molecule has 0 aliphatic carbocycles. The number of nitrogens with one attached hydrogen (secondary N) is 2. The van der Waals surface area contributed by atoms with Crippen molar-refractivity contribution in [2.75, 3.05) is 26.8 Å². The number of rotatable bonds is 6. The Balaban J connectivity index is 1.34. The molecule has 162 valence electrons. The molecule has 1 aliphatic heterocycles. The molecule has 0 saturated heterocycles. The van der Waals surface area contributed by atoms with Gasteiger partial charge in [0.25, 0.3) is 0 Å². The zero-order valence-electron chi connectivity index (χ0n) is 18.1. The Labute approximate surface area is 182 Å². The van der Waals surface area contributed by atoms with Crippen LogP contribution in [-0.4, -0.2) is 37.7 Å². The molecule has 1 aromatic heterocycles. The third-order valence-electron chi connectivity index (χ3n) is 5.25. The van der Waals surface area contributed by atoms with E-state index < -0.39 is 0 Å². The van der Waals surface area contributed by atoms with E-state index in [1.807, 2.05) is 36.4 Å². The summed E-state index contributed by atoms with van der Waals surface area (Å²) >= 11 is 0. The van der Waals surface area contributed by atoms with Crippen LogP contribution in [0.3, 0.4) is 0 Å². The van der Waals surface area contributed by atoms with Gasteiger partial charge in [0.15, 0.2) is 17.5 Å². The summed E-state index contributed by atoms with van der Waals surface area (Å²) in [7, 11) is 1.75. The number of oxazole rings is 1. The van der Waals surface area contributed by atoms with Crippen LogP contribution in [0.5, 0.6) is 11.5 Å². The van der Waals surface area contributed by atoms with Crippen LogP contribution in [0.1, 0.15) is 25.1 Å². The summed E-state index contributed by atoms with van der Waals surface area (Å²) in [4.78, 5) is 8.87. The number of hydrogen-bond acceptors (Lipinski definition) is 5. The van der Waals surface area contributed by atoms with Crippen molar-refractivity contribution in [2.45, 2.75) is 25.8 Å². The van der Waals surface area contributed by atoms with Gasteiger partial charge in [0.1, 0.15) is 19.5 Å². The molecule has 2 heterocycles. The minimum absolute atomic E-state index is 0.137. The molecule has 31 heavy (non-hydrogen) atoms. The molecule has 0 bridgehead atoms. The smallest absolute Gasteiger partial charge is 0.226 e. The Kier molecular flexibility index (Phi) is 6.11. The summed E-state index contributed by atoms with van der Waals surface area (Å²) < 4.78 is 17.0. The molecular weight excluding hydrogens is 392 g/mol. The van der Waals surface area contributed by atoms with Crippen molar-refractivity contribution in [3.05, 3.63) is 66.1 Å². The van der Waals surface area contributed by atoms with Crippen molar-refractivity contribution < 1.29 is 13.9 Å². The molecule has 1 aliphatic rings. The van der Waals surface area contributed by atoms with Crippen molar-refractivity contribution in [1.82, 2.24) is 15.6 Å². The Morgan fingerprint density at radius 1 is 1.03 bits per heavy atom. The first kappa shape index (κ1) is 20.8. The van der Waals surface area contributed by atoms with Crippen molar-refractivity contribution in [3.8, 4) is 23.0 Å². The molecular formula is C24H28N4O3. The van der Waals surface area contributed by atoms with Gasteiger partial charge in [0.05, 0.1) is 12.2 Å². The SMILES string of the molecule is CN=C(NCc1coc(-c2ccccc2)n1)NCC(C)(C)c1ccc2c(c1)OCCO2. The second-order valence-corrected chi connectivity index (χ2v) is 8.03. The van der Waals surface area contributed by atoms with Gasteiger partial charge in [-0.25, -0.2) is 4.98 Å². The zero-order chi connectivity index (χ0) is 21.7. The summed E-state index contributed by atoms with van der Waals surface area (Å²) in [5.74, 6) is 2.92. The zero-order valence-corrected chi connectivity index (χ0v) is 18.1. The lowest BCUT2D eigenvalue weighted by molar-refractivity contribution is 0.171. The van der Waals surface area contributed by atoms with Crippen LogP contribution in [0, 0.1) is 0 Å². The topological polar surface area (TPSA) is 80.9 Å². The van der Waals surface area contributed by atoms with E-state index in [-0.39, 0.29) is 5.41 Å².